The summed E-state index contributed by atoms with van der Waals surface area (Å²) in [6.07, 6.45) is 0. The molecule has 2 aromatic rings. The van der Waals surface area contributed by atoms with Crippen molar-refractivity contribution in [2.24, 2.45) is 5.73 Å². The first kappa shape index (κ1) is 12.5. The number of hydrogen-bond donors (Lipinski definition) is 2. The van der Waals surface area contributed by atoms with E-state index in [0.717, 1.165) is 9.40 Å². The van der Waals surface area contributed by atoms with Crippen molar-refractivity contribution in [1.29, 1.82) is 0 Å². The minimum absolute atomic E-state index is 0.129. The Hall–Kier alpha value is -0.980. The summed E-state index contributed by atoms with van der Waals surface area (Å²) >= 11 is 8.02. The minimum atomic E-state index is -0.663. The van der Waals surface area contributed by atoms with Crippen LogP contribution in [0, 0.1) is 0 Å². The Balaban J connectivity index is 2.21. The van der Waals surface area contributed by atoms with Gasteiger partial charge in [-0.2, -0.15) is 0 Å². The Morgan fingerprint density at radius 2 is 2.18 bits per heavy atom. The van der Waals surface area contributed by atoms with Crippen LogP contribution in [-0.2, 0) is 0 Å². The zero-order chi connectivity index (χ0) is 12.6. The van der Waals surface area contributed by atoms with Gasteiger partial charge < -0.3 is 11.1 Å². The van der Waals surface area contributed by atoms with E-state index in [1.165, 1.54) is 11.3 Å². The average molecular weight is 284 g/mol. The Morgan fingerprint density at radius 3 is 2.76 bits per heavy atom. The van der Waals surface area contributed by atoms with Gasteiger partial charge in [-0.25, -0.2) is 0 Å². The molecule has 3 N–H and O–H groups in total. The van der Waals surface area contributed by atoms with Gasteiger partial charge in [-0.05, 0) is 31.4 Å². The summed E-state index contributed by atoms with van der Waals surface area (Å²) < 4.78 is 2.27. The van der Waals surface area contributed by atoms with Gasteiger partial charge >= 0.3 is 0 Å². The minimum Gasteiger partial charge on any atom is -0.391 e. The van der Waals surface area contributed by atoms with Crippen molar-refractivity contribution < 1.29 is 4.79 Å². The highest BCUT2D eigenvalue weighted by atomic mass is 32.1. The highest BCUT2D eigenvalue weighted by Gasteiger charge is 2.25. The molecule has 2 heterocycles. The topological polar surface area (TPSA) is 55.1 Å². The van der Waals surface area contributed by atoms with Crippen LogP contribution < -0.4 is 11.1 Å². The lowest BCUT2D eigenvalue weighted by molar-refractivity contribution is 0.0936. The van der Waals surface area contributed by atoms with Crippen LogP contribution in [0.5, 0.6) is 0 Å². The van der Waals surface area contributed by atoms with Crippen molar-refractivity contribution in [2.75, 3.05) is 0 Å². The maximum atomic E-state index is 12.0. The molecular formula is C11H12N2OS3. The summed E-state index contributed by atoms with van der Waals surface area (Å²) in [5.41, 5.74) is 4.91. The van der Waals surface area contributed by atoms with Crippen molar-refractivity contribution in [3.8, 4) is 0 Å². The largest absolute Gasteiger partial charge is 0.391 e. The molecule has 0 radical (unpaired) electrons. The molecule has 0 bridgehead atoms. The molecule has 0 aliphatic rings. The van der Waals surface area contributed by atoms with Crippen molar-refractivity contribution in [3.63, 3.8) is 0 Å². The SMILES string of the molecule is CC(C)(NC(=O)c1cc2sccc2s1)C(N)=S. The first-order chi connectivity index (χ1) is 7.90. The van der Waals surface area contributed by atoms with Crippen LogP contribution in [0.25, 0.3) is 9.40 Å². The number of fused-ring (bicyclic) bond motifs is 1. The van der Waals surface area contributed by atoms with Crippen LogP contribution in [0.1, 0.15) is 23.5 Å². The Morgan fingerprint density at radius 1 is 1.47 bits per heavy atom. The van der Waals surface area contributed by atoms with Crippen molar-refractivity contribution in [3.05, 3.63) is 22.4 Å². The smallest absolute Gasteiger partial charge is 0.262 e. The van der Waals surface area contributed by atoms with Crippen LogP contribution in [0.2, 0.25) is 0 Å². The fourth-order valence-corrected chi connectivity index (χ4v) is 3.34. The highest BCUT2D eigenvalue weighted by molar-refractivity contribution is 7.80. The van der Waals surface area contributed by atoms with Gasteiger partial charge in [-0.15, -0.1) is 22.7 Å². The molecule has 0 unspecified atom stereocenters. The second kappa shape index (κ2) is 4.36. The number of nitrogens with one attached hydrogen (secondary N) is 1. The molecule has 0 aromatic carbocycles. The fourth-order valence-electron chi connectivity index (χ4n) is 1.28. The Bertz CT molecular complexity index is 554. The average Bonchev–Trinajstić information content (AvgIpc) is 2.74. The number of carbonyl (C=O) groups is 1. The van der Waals surface area contributed by atoms with Gasteiger partial charge in [0.05, 0.1) is 15.4 Å². The summed E-state index contributed by atoms with van der Waals surface area (Å²) in [7, 11) is 0. The van der Waals surface area contributed by atoms with Crippen molar-refractivity contribution >= 4 is 55.2 Å². The molecule has 17 heavy (non-hydrogen) atoms. The van der Waals surface area contributed by atoms with Gasteiger partial charge in [0.15, 0.2) is 0 Å². The third kappa shape index (κ3) is 2.48. The number of thiocarbonyl (C=S) groups is 1. The van der Waals surface area contributed by atoms with Crippen LogP contribution in [0.15, 0.2) is 17.5 Å². The van der Waals surface area contributed by atoms with Crippen molar-refractivity contribution in [2.45, 2.75) is 19.4 Å². The Labute approximate surface area is 113 Å². The van der Waals surface area contributed by atoms with E-state index in [1.807, 2.05) is 17.5 Å². The number of thiophene rings is 2. The van der Waals surface area contributed by atoms with Crippen LogP contribution in [0.3, 0.4) is 0 Å². The van der Waals surface area contributed by atoms with E-state index in [0.29, 0.717) is 4.88 Å². The first-order valence-electron chi connectivity index (χ1n) is 4.99. The van der Waals surface area contributed by atoms with E-state index in [9.17, 15) is 4.79 Å². The maximum absolute atomic E-state index is 12.0. The Kier molecular flexibility index (Phi) is 3.20. The molecule has 3 nitrogen and oxygen atoms in total. The van der Waals surface area contributed by atoms with E-state index in [2.05, 4.69) is 5.32 Å². The van der Waals surface area contributed by atoms with Gasteiger partial charge in [0, 0.05) is 9.40 Å². The predicted molar refractivity (Wildman–Crippen MR) is 78.0 cm³/mol. The molecule has 2 aromatic heterocycles. The number of carbonyl (C=O) groups excluding carboxylic acids is 1. The quantitative estimate of drug-likeness (QED) is 0.852. The third-order valence-corrected chi connectivity index (χ3v) is 5.01. The monoisotopic (exact) mass is 284 g/mol. The molecule has 0 fully saturated rings. The summed E-state index contributed by atoms with van der Waals surface area (Å²) in [5.74, 6) is -0.129. The van der Waals surface area contributed by atoms with E-state index < -0.39 is 5.54 Å². The van der Waals surface area contributed by atoms with Crippen LogP contribution >= 0.6 is 34.9 Å². The normalized spacial score (nSPS) is 11.6. The summed E-state index contributed by atoms with van der Waals surface area (Å²) in [6, 6.07) is 3.91. The standard InChI is InChI=1S/C11H12N2OS3/c1-11(2,10(12)15)13-9(14)8-5-7-6(17-8)3-4-16-7/h3-5H,1-2H3,(H2,12,15)(H,13,14). The van der Waals surface area contributed by atoms with E-state index in [4.69, 9.17) is 18.0 Å². The number of hydrogen-bond acceptors (Lipinski definition) is 4. The molecular weight excluding hydrogens is 272 g/mol. The molecule has 0 atom stereocenters. The van der Waals surface area contributed by atoms with Crippen LogP contribution in [0.4, 0.5) is 0 Å². The molecule has 0 saturated heterocycles. The second-order valence-electron chi connectivity index (χ2n) is 4.20. The summed E-state index contributed by atoms with van der Waals surface area (Å²) in [6.45, 7) is 3.59. The van der Waals surface area contributed by atoms with Gasteiger partial charge in [0.25, 0.3) is 5.91 Å². The molecule has 0 aliphatic heterocycles. The van der Waals surface area contributed by atoms with Gasteiger partial charge in [-0.3, -0.25) is 4.79 Å². The zero-order valence-electron chi connectivity index (χ0n) is 9.44. The lowest BCUT2D eigenvalue weighted by Gasteiger charge is -2.24. The molecule has 90 valence electrons. The molecule has 1 amide bonds. The number of amides is 1. The predicted octanol–water partition coefficient (Wildman–Crippen LogP) is 2.76. The third-order valence-electron chi connectivity index (χ3n) is 2.41. The molecule has 2 rings (SSSR count). The molecule has 6 heteroatoms. The van der Waals surface area contributed by atoms with Gasteiger partial charge in [-0.1, -0.05) is 12.2 Å². The van der Waals surface area contributed by atoms with Gasteiger partial charge in [0.2, 0.25) is 0 Å². The van der Waals surface area contributed by atoms with E-state index >= 15 is 0 Å². The van der Waals surface area contributed by atoms with Crippen LogP contribution in [-0.4, -0.2) is 16.4 Å². The second-order valence-corrected chi connectivity index (χ2v) is 6.67. The van der Waals surface area contributed by atoms with E-state index in [1.54, 1.807) is 25.2 Å². The molecule has 0 spiro atoms. The first-order valence-corrected chi connectivity index (χ1v) is 7.10. The van der Waals surface area contributed by atoms with Crippen molar-refractivity contribution in [1.82, 2.24) is 5.32 Å². The number of nitrogens with two attached hydrogens (primary N) is 1. The highest BCUT2D eigenvalue weighted by Crippen LogP contribution is 2.30. The van der Waals surface area contributed by atoms with E-state index in [-0.39, 0.29) is 10.9 Å². The summed E-state index contributed by atoms with van der Waals surface area (Å²) in [5, 5.41) is 4.85. The molecule has 0 aliphatic carbocycles. The fraction of sp³-hybridized carbons (Fsp3) is 0.273. The lowest BCUT2D eigenvalue weighted by atomic mass is 10.1. The van der Waals surface area contributed by atoms with Gasteiger partial charge in [0.1, 0.15) is 0 Å². The summed E-state index contributed by atoms with van der Waals surface area (Å²) in [4.78, 5) is 13.0. The number of rotatable bonds is 3. The maximum Gasteiger partial charge on any atom is 0.262 e. The molecule has 0 saturated carbocycles. The zero-order valence-corrected chi connectivity index (χ0v) is 11.9. The lowest BCUT2D eigenvalue weighted by Crippen LogP contribution is -2.51.